The van der Waals surface area contributed by atoms with Crippen molar-refractivity contribution in [2.75, 3.05) is 11.4 Å². The van der Waals surface area contributed by atoms with Gasteiger partial charge < -0.3 is 10.2 Å². The fourth-order valence-electron chi connectivity index (χ4n) is 4.98. The lowest BCUT2D eigenvalue weighted by Gasteiger charge is -2.41. The summed E-state index contributed by atoms with van der Waals surface area (Å²) in [6.45, 7) is 4.88. The Morgan fingerprint density at radius 1 is 1.23 bits per heavy atom. The van der Waals surface area contributed by atoms with Gasteiger partial charge in [0.1, 0.15) is 4.88 Å². The first-order valence-corrected chi connectivity index (χ1v) is 11.3. The molecule has 2 aliphatic heterocycles. The van der Waals surface area contributed by atoms with Crippen molar-refractivity contribution in [3.05, 3.63) is 75.3 Å². The van der Waals surface area contributed by atoms with Crippen LogP contribution in [0.3, 0.4) is 0 Å². The molecule has 0 unspecified atom stereocenters. The SMILES string of the molecule is Cc1nnsc1C(=O)N[C@H]1CCN2c3ccc(C#N)cc3[C@@H](C)c3ccccc3[C@@H]2C1. The number of anilines is 1. The lowest BCUT2D eigenvalue weighted by atomic mass is 9.86. The molecule has 31 heavy (non-hydrogen) atoms. The number of nitriles is 1. The highest BCUT2D eigenvalue weighted by Gasteiger charge is 2.37. The minimum Gasteiger partial charge on any atom is -0.364 e. The second kappa shape index (κ2) is 7.78. The van der Waals surface area contributed by atoms with Crippen molar-refractivity contribution in [1.82, 2.24) is 14.9 Å². The summed E-state index contributed by atoms with van der Waals surface area (Å²) in [5, 5.41) is 16.6. The number of nitrogens with one attached hydrogen (secondary N) is 1. The first-order valence-electron chi connectivity index (χ1n) is 10.6. The molecule has 156 valence electrons. The normalized spacial score (nSPS) is 21.8. The van der Waals surface area contributed by atoms with Crippen LogP contribution in [-0.4, -0.2) is 28.1 Å². The summed E-state index contributed by atoms with van der Waals surface area (Å²) >= 11 is 1.15. The Morgan fingerprint density at radius 2 is 2.03 bits per heavy atom. The second-order valence-corrected chi connectivity index (χ2v) is 9.08. The zero-order valence-electron chi connectivity index (χ0n) is 17.5. The van der Waals surface area contributed by atoms with Crippen molar-refractivity contribution in [1.29, 1.82) is 5.26 Å². The van der Waals surface area contributed by atoms with Gasteiger partial charge in [-0.2, -0.15) is 5.26 Å². The highest BCUT2D eigenvalue weighted by molar-refractivity contribution is 7.08. The molecule has 1 saturated heterocycles. The van der Waals surface area contributed by atoms with Gasteiger partial charge in [-0.3, -0.25) is 4.79 Å². The zero-order chi connectivity index (χ0) is 21.5. The average Bonchev–Trinajstić information content (AvgIpc) is 3.20. The number of aryl methyl sites for hydroxylation is 1. The topological polar surface area (TPSA) is 81.9 Å². The van der Waals surface area contributed by atoms with Crippen LogP contribution in [0.25, 0.3) is 0 Å². The van der Waals surface area contributed by atoms with Crippen molar-refractivity contribution >= 4 is 23.1 Å². The first kappa shape index (κ1) is 19.7. The molecule has 0 aliphatic carbocycles. The zero-order valence-corrected chi connectivity index (χ0v) is 18.3. The second-order valence-electron chi connectivity index (χ2n) is 8.33. The van der Waals surface area contributed by atoms with Crippen LogP contribution in [0.1, 0.15) is 69.3 Å². The summed E-state index contributed by atoms with van der Waals surface area (Å²) in [5.41, 5.74) is 6.36. The maximum Gasteiger partial charge on any atom is 0.265 e. The van der Waals surface area contributed by atoms with E-state index in [1.165, 1.54) is 22.4 Å². The predicted molar refractivity (Wildman–Crippen MR) is 120 cm³/mol. The van der Waals surface area contributed by atoms with Gasteiger partial charge in [-0.15, -0.1) is 5.10 Å². The van der Waals surface area contributed by atoms with Gasteiger partial charge in [-0.1, -0.05) is 35.7 Å². The van der Waals surface area contributed by atoms with E-state index < -0.39 is 0 Å². The van der Waals surface area contributed by atoms with Gasteiger partial charge in [-0.05, 0) is 66.2 Å². The van der Waals surface area contributed by atoms with E-state index in [0.29, 0.717) is 16.1 Å². The number of amides is 1. The Kier molecular flexibility index (Phi) is 4.95. The largest absolute Gasteiger partial charge is 0.364 e. The molecule has 1 aromatic heterocycles. The summed E-state index contributed by atoms with van der Waals surface area (Å²) in [6.07, 6.45) is 1.70. The number of aromatic nitrogens is 2. The fraction of sp³-hybridized carbons (Fsp3) is 0.333. The van der Waals surface area contributed by atoms with E-state index in [0.717, 1.165) is 30.9 Å². The predicted octanol–water partition coefficient (Wildman–Crippen LogP) is 4.32. The summed E-state index contributed by atoms with van der Waals surface area (Å²) in [5.74, 6) is 0.115. The fourth-order valence-corrected chi connectivity index (χ4v) is 5.54. The van der Waals surface area contributed by atoms with Gasteiger partial charge in [-0.25, -0.2) is 0 Å². The van der Waals surface area contributed by atoms with E-state index in [4.69, 9.17) is 0 Å². The van der Waals surface area contributed by atoms with E-state index >= 15 is 0 Å². The Labute approximate surface area is 185 Å². The number of carbonyl (C=O) groups excluding carboxylic acids is 1. The van der Waals surface area contributed by atoms with Gasteiger partial charge in [0.25, 0.3) is 5.91 Å². The van der Waals surface area contributed by atoms with Crippen LogP contribution in [-0.2, 0) is 0 Å². The van der Waals surface area contributed by atoms with Gasteiger partial charge in [0, 0.05) is 24.2 Å². The number of fused-ring (bicyclic) bond motifs is 5. The Balaban J connectivity index is 1.51. The maximum absolute atomic E-state index is 12.8. The number of nitrogens with zero attached hydrogens (tertiary/aromatic N) is 4. The van der Waals surface area contributed by atoms with Crippen LogP contribution in [0, 0.1) is 18.3 Å². The Hall–Kier alpha value is -3.24. The minimum absolute atomic E-state index is 0.0820. The van der Waals surface area contributed by atoms with Gasteiger partial charge in [0.2, 0.25) is 0 Å². The van der Waals surface area contributed by atoms with Gasteiger partial charge in [0.15, 0.2) is 0 Å². The third-order valence-corrected chi connectivity index (χ3v) is 7.38. The van der Waals surface area contributed by atoms with Crippen LogP contribution in [0.5, 0.6) is 0 Å². The number of benzene rings is 2. The molecule has 3 atom stereocenters. The van der Waals surface area contributed by atoms with Crippen molar-refractivity contribution in [2.45, 2.75) is 44.7 Å². The molecule has 6 nitrogen and oxygen atoms in total. The molecule has 5 rings (SSSR count). The summed E-state index contributed by atoms with van der Waals surface area (Å²) < 4.78 is 3.89. The molecule has 2 aromatic carbocycles. The van der Waals surface area contributed by atoms with Gasteiger partial charge >= 0.3 is 0 Å². The Bertz CT molecular complexity index is 1200. The highest BCUT2D eigenvalue weighted by atomic mass is 32.1. The van der Waals surface area contributed by atoms with E-state index in [1.54, 1.807) is 0 Å². The summed E-state index contributed by atoms with van der Waals surface area (Å²) in [6, 6.07) is 17.2. The molecule has 3 aromatic rings. The molecule has 1 N–H and O–H groups in total. The Morgan fingerprint density at radius 3 is 2.77 bits per heavy atom. The number of hydrogen-bond donors (Lipinski definition) is 1. The van der Waals surface area contributed by atoms with Crippen molar-refractivity contribution in [3.63, 3.8) is 0 Å². The van der Waals surface area contributed by atoms with Crippen LogP contribution < -0.4 is 10.2 Å². The third-order valence-electron chi connectivity index (χ3n) is 6.55. The molecule has 0 radical (unpaired) electrons. The molecule has 3 heterocycles. The number of piperidine rings is 1. The third kappa shape index (κ3) is 3.37. The van der Waals surface area contributed by atoms with Crippen molar-refractivity contribution < 1.29 is 4.79 Å². The lowest BCUT2D eigenvalue weighted by Crippen LogP contribution is -2.46. The quantitative estimate of drug-likeness (QED) is 0.656. The van der Waals surface area contributed by atoms with E-state index in [1.807, 2.05) is 19.1 Å². The highest BCUT2D eigenvalue weighted by Crippen LogP contribution is 2.46. The van der Waals surface area contributed by atoms with E-state index in [-0.39, 0.29) is 23.9 Å². The maximum atomic E-state index is 12.8. The van der Waals surface area contributed by atoms with Crippen LogP contribution in [0.4, 0.5) is 5.69 Å². The molecule has 1 fully saturated rings. The van der Waals surface area contributed by atoms with Crippen molar-refractivity contribution in [2.24, 2.45) is 0 Å². The first-order chi connectivity index (χ1) is 15.1. The molecular formula is C24H23N5OS. The van der Waals surface area contributed by atoms with E-state index in [2.05, 4.69) is 63.1 Å². The van der Waals surface area contributed by atoms with Crippen LogP contribution in [0.2, 0.25) is 0 Å². The minimum atomic E-state index is -0.0831. The molecule has 0 spiro atoms. The monoisotopic (exact) mass is 429 g/mol. The summed E-state index contributed by atoms with van der Waals surface area (Å²) in [7, 11) is 0. The van der Waals surface area contributed by atoms with Gasteiger partial charge in [0.05, 0.1) is 23.4 Å². The standard InChI is InChI=1S/C24H23N5OS/c1-14-18-5-3-4-6-19(18)22-12-17(26-24(30)23-15(2)27-28-31-23)9-10-29(22)21-8-7-16(13-25)11-20(14)21/h3-8,11,14,17,22H,9-10,12H2,1-2H3,(H,26,30)/t14-,17-,22-/m0/s1. The number of carbonyl (C=O) groups is 1. The van der Waals surface area contributed by atoms with Crippen molar-refractivity contribution in [3.8, 4) is 6.07 Å². The average molecular weight is 430 g/mol. The van der Waals surface area contributed by atoms with Crippen LogP contribution in [0.15, 0.2) is 42.5 Å². The summed E-state index contributed by atoms with van der Waals surface area (Å²) in [4.78, 5) is 15.8. The molecule has 0 saturated carbocycles. The number of hydrogen-bond acceptors (Lipinski definition) is 6. The smallest absolute Gasteiger partial charge is 0.265 e. The number of rotatable bonds is 2. The molecule has 7 heteroatoms. The molecule has 0 bridgehead atoms. The molecule has 2 aliphatic rings. The van der Waals surface area contributed by atoms with E-state index in [9.17, 15) is 10.1 Å². The lowest BCUT2D eigenvalue weighted by molar-refractivity contribution is 0.0930. The molecular weight excluding hydrogens is 406 g/mol. The van der Waals surface area contributed by atoms with Crippen LogP contribution >= 0.6 is 11.5 Å². The molecule has 1 amide bonds.